The van der Waals surface area contributed by atoms with Gasteiger partial charge in [-0.2, -0.15) is 0 Å². The largest absolute Gasteiger partial charge is 0.311 e. The van der Waals surface area contributed by atoms with E-state index in [-0.39, 0.29) is 5.54 Å². The predicted molar refractivity (Wildman–Crippen MR) is 72.3 cm³/mol. The van der Waals surface area contributed by atoms with E-state index in [1.54, 1.807) is 0 Å². The molecule has 16 heavy (non-hydrogen) atoms. The molecule has 0 spiro atoms. The van der Waals surface area contributed by atoms with E-state index in [1.165, 1.54) is 38.9 Å². The molecular formula is C13H27ClN2. The van der Waals surface area contributed by atoms with Crippen molar-refractivity contribution in [2.75, 3.05) is 32.1 Å². The van der Waals surface area contributed by atoms with E-state index < -0.39 is 0 Å². The van der Waals surface area contributed by atoms with Crippen LogP contribution < -0.4 is 5.32 Å². The molecule has 0 saturated carbocycles. The van der Waals surface area contributed by atoms with Gasteiger partial charge in [-0.05, 0) is 65.2 Å². The average Bonchev–Trinajstić information content (AvgIpc) is 2.78. The maximum absolute atomic E-state index is 5.83. The summed E-state index contributed by atoms with van der Waals surface area (Å²) in [5, 5.41) is 3.66. The van der Waals surface area contributed by atoms with Crippen LogP contribution in [0.15, 0.2) is 0 Å². The molecule has 1 saturated heterocycles. The van der Waals surface area contributed by atoms with Gasteiger partial charge in [0.15, 0.2) is 0 Å². The van der Waals surface area contributed by atoms with Crippen molar-refractivity contribution in [3.05, 3.63) is 0 Å². The molecule has 1 atom stereocenters. The van der Waals surface area contributed by atoms with E-state index in [0.717, 1.165) is 25.3 Å². The molecule has 3 heteroatoms. The minimum atomic E-state index is 0.243. The molecule has 0 aromatic carbocycles. The van der Waals surface area contributed by atoms with Crippen LogP contribution in [0.1, 0.15) is 46.0 Å². The average molecular weight is 247 g/mol. The van der Waals surface area contributed by atoms with Crippen LogP contribution in [-0.2, 0) is 0 Å². The fraction of sp³-hybridized carbons (Fsp3) is 1.00. The number of nitrogens with one attached hydrogen (secondary N) is 1. The Labute approximate surface area is 106 Å². The highest BCUT2D eigenvalue weighted by Gasteiger charge is 2.20. The Morgan fingerprint density at radius 2 is 2.00 bits per heavy atom. The molecule has 1 rings (SSSR count). The summed E-state index contributed by atoms with van der Waals surface area (Å²) in [5.41, 5.74) is 0.243. The van der Waals surface area contributed by atoms with Crippen molar-refractivity contribution in [1.29, 1.82) is 0 Å². The third-order valence-corrected chi connectivity index (χ3v) is 4.02. The molecule has 1 fully saturated rings. The number of alkyl halides is 1. The lowest BCUT2D eigenvalue weighted by Gasteiger charge is -2.29. The van der Waals surface area contributed by atoms with Crippen molar-refractivity contribution in [1.82, 2.24) is 10.2 Å². The quantitative estimate of drug-likeness (QED) is 0.524. The second-order valence-corrected chi connectivity index (χ2v) is 5.56. The maximum atomic E-state index is 5.83. The molecule has 2 nitrogen and oxygen atoms in total. The third-order valence-electron chi connectivity index (χ3n) is 3.83. The van der Waals surface area contributed by atoms with E-state index in [2.05, 4.69) is 24.1 Å². The lowest BCUT2D eigenvalue weighted by atomic mass is 9.95. The van der Waals surface area contributed by atoms with Crippen molar-refractivity contribution >= 4 is 11.6 Å². The molecule has 0 aliphatic carbocycles. The van der Waals surface area contributed by atoms with E-state index >= 15 is 0 Å². The fourth-order valence-corrected chi connectivity index (χ4v) is 2.71. The molecule has 1 unspecified atom stereocenters. The molecule has 0 bridgehead atoms. The van der Waals surface area contributed by atoms with Gasteiger partial charge in [-0.15, -0.1) is 11.6 Å². The monoisotopic (exact) mass is 246 g/mol. The van der Waals surface area contributed by atoms with Crippen LogP contribution in [0.3, 0.4) is 0 Å². The molecule has 0 radical (unpaired) electrons. The lowest BCUT2D eigenvalue weighted by molar-refractivity contribution is 0.297. The first-order valence-corrected chi connectivity index (χ1v) is 7.27. The summed E-state index contributed by atoms with van der Waals surface area (Å²) >= 11 is 5.83. The first-order chi connectivity index (χ1) is 7.70. The van der Waals surface area contributed by atoms with E-state index in [0.29, 0.717) is 0 Å². The Bertz CT molecular complexity index is 181. The summed E-state index contributed by atoms with van der Waals surface area (Å²) in [6.45, 7) is 9.52. The summed E-state index contributed by atoms with van der Waals surface area (Å²) in [6.07, 6.45) is 6.27. The minimum absolute atomic E-state index is 0.243. The second kappa shape index (κ2) is 7.52. The van der Waals surface area contributed by atoms with Crippen LogP contribution in [0.5, 0.6) is 0 Å². The van der Waals surface area contributed by atoms with Gasteiger partial charge in [-0.3, -0.25) is 0 Å². The molecular weight excluding hydrogens is 220 g/mol. The van der Waals surface area contributed by atoms with Gasteiger partial charge in [0, 0.05) is 11.4 Å². The smallest absolute Gasteiger partial charge is 0.0240 e. The number of rotatable bonds is 8. The molecule has 96 valence electrons. The summed E-state index contributed by atoms with van der Waals surface area (Å²) in [7, 11) is 0. The van der Waals surface area contributed by atoms with Crippen LogP contribution in [0.4, 0.5) is 0 Å². The highest BCUT2D eigenvalue weighted by atomic mass is 35.5. The Balaban J connectivity index is 2.08. The SMILES string of the molecule is CCC(C)(CCCl)NCCCN1CCCC1. The maximum Gasteiger partial charge on any atom is 0.0240 e. The zero-order valence-electron chi connectivity index (χ0n) is 10.9. The Morgan fingerprint density at radius 3 is 2.56 bits per heavy atom. The molecule has 1 aliphatic heterocycles. The third kappa shape index (κ3) is 5.03. The number of likely N-dealkylation sites (tertiary alicyclic amines) is 1. The van der Waals surface area contributed by atoms with Gasteiger partial charge in [0.25, 0.3) is 0 Å². The number of nitrogens with zero attached hydrogens (tertiary/aromatic N) is 1. The summed E-state index contributed by atoms with van der Waals surface area (Å²) in [4.78, 5) is 2.58. The lowest BCUT2D eigenvalue weighted by Crippen LogP contribution is -2.43. The standard InChI is InChI=1S/C13H27ClN2/c1-3-13(2,7-8-14)15-9-6-12-16-10-4-5-11-16/h15H,3-12H2,1-2H3. The number of hydrogen-bond acceptors (Lipinski definition) is 2. The first kappa shape index (κ1) is 14.3. The Kier molecular flexibility index (Phi) is 6.71. The van der Waals surface area contributed by atoms with Crippen LogP contribution in [0.25, 0.3) is 0 Å². The Morgan fingerprint density at radius 1 is 1.31 bits per heavy atom. The van der Waals surface area contributed by atoms with Crippen molar-refractivity contribution in [2.24, 2.45) is 0 Å². The van der Waals surface area contributed by atoms with Gasteiger partial charge >= 0.3 is 0 Å². The van der Waals surface area contributed by atoms with Gasteiger partial charge in [0.2, 0.25) is 0 Å². The van der Waals surface area contributed by atoms with Crippen LogP contribution >= 0.6 is 11.6 Å². The normalized spacial score (nSPS) is 21.2. The van der Waals surface area contributed by atoms with Crippen LogP contribution in [-0.4, -0.2) is 42.5 Å². The molecule has 1 heterocycles. The predicted octanol–water partition coefficient (Wildman–Crippen LogP) is 2.86. The van der Waals surface area contributed by atoms with Gasteiger partial charge < -0.3 is 10.2 Å². The zero-order chi connectivity index (χ0) is 11.9. The fourth-order valence-electron chi connectivity index (χ4n) is 2.30. The van der Waals surface area contributed by atoms with Gasteiger partial charge in [0.1, 0.15) is 0 Å². The second-order valence-electron chi connectivity index (χ2n) is 5.18. The van der Waals surface area contributed by atoms with Crippen molar-refractivity contribution in [3.8, 4) is 0 Å². The molecule has 0 aromatic heterocycles. The number of halogens is 1. The van der Waals surface area contributed by atoms with E-state index in [4.69, 9.17) is 11.6 Å². The van der Waals surface area contributed by atoms with Gasteiger partial charge in [-0.1, -0.05) is 6.92 Å². The zero-order valence-corrected chi connectivity index (χ0v) is 11.7. The highest BCUT2D eigenvalue weighted by Crippen LogP contribution is 2.15. The summed E-state index contributed by atoms with van der Waals surface area (Å²) in [5.74, 6) is 0.753. The molecule has 0 aromatic rings. The van der Waals surface area contributed by atoms with Crippen molar-refractivity contribution < 1.29 is 0 Å². The van der Waals surface area contributed by atoms with Crippen molar-refractivity contribution in [2.45, 2.75) is 51.5 Å². The first-order valence-electron chi connectivity index (χ1n) is 6.73. The highest BCUT2D eigenvalue weighted by molar-refractivity contribution is 6.17. The van der Waals surface area contributed by atoms with Crippen molar-refractivity contribution in [3.63, 3.8) is 0 Å². The summed E-state index contributed by atoms with van der Waals surface area (Å²) in [6, 6.07) is 0. The van der Waals surface area contributed by atoms with Gasteiger partial charge in [0.05, 0.1) is 0 Å². The Hall–Kier alpha value is 0.210. The summed E-state index contributed by atoms with van der Waals surface area (Å²) < 4.78 is 0. The van der Waals surface area contributed by atoms with E-state index in [9.17, 15) is 0 Å². The number of hydrogen-bond donors (Lipinski definition) is 1. The molecule has 1 aliphatic rings. The van der Waals surface area contributed by atoms with E-state index in [1.807, 2.05) is 0 Å². The van der Waals surface area contributed by atoms with Crippen LogP contribution in [0.2, 0.25) is 0 Å². The topological polar surface area (TPSA) is 15.3 Å². The van der Waals surface area contributed by atoms with Gasteiger partial charge in [-0.25, -0.2) is 0 Å². The minimum Gasteiger partial charge on any atom is -0.311 e. The molecule has 1 N–H and O–H groups in total. The molecule has 0 amide bonds. The van der Waals surface area contributed by atoms with Crippen LogP contribution in [0, 0.1) is 0 Å².